The van der Waals surface area contributed by atoms with Crippen molar-refractivity contribution in [1.29, 1.82) is 0 Å². The van der Waals surface area contributed by atoms with Crippen LogP contribution in [0.5, 0.6) is 0 Å². The first-order valence-electron chi connectivity index (χ1n) is 6.86. The summed E-state index contributed by atoms with van der Waals surface area (Å²) in [5, 5.41) is 2.73. The Labute approximate surface area is 114 Å². The fraction of sp³-hybridized carbons (Fsp3) is 0.533. The van der Waals surface area contributed by atoms with Gasteiger partial charge in [0.25, 0.3) is 0 Å². The maximum Gasteiger partial charge on any atom is 0.411 e. The molecule has 0 aromatic heterocycles. The Morgan fingerprint density at radius 2 is 1.74 bits per heavy atom. The van der Waals surface area contributed by atoms with Gasteiger partial charge in [-0.25, -0.2) is 4.79 Å². The molecule has 0 bridgehead atoms. The number of carbonyl (C=O) groups is 1. The molecule has 1 fully saturated rings. The number of ether oxygens (including phenoxy) is 1. The van der Waals surface area contributed by atoms with Crippen molar-refractivity contribution >= 4 is 17.5 Å². The minimum Gasteiger partial charge on any atom is -0.446 e. The summed E-state index contributed by atoms with van der Waals surface area (Å²) >= 11 is 0. The summed E-state index contributed by atoms with van der Waals surface area (Å²) in [5.74, 6) is 1.25. The van der Waals surface area contributed by atoms with E-state index < -0.39 is 0 Å². The molecule has 1 aliphatic rings. The van der Waals surface area contributed by atoms with E-state index >= 15 is 0 Å². The van der Waals surface area contributed by atoms with E-state index in [1.54, 1.807) is 24.3 Å². The highest BCUT2D eigenvalue weighted by molar-refractivity contribution is 5.84. The van der Waals surface area contributed by atoms with E-state index in [1.807, 2.05) is 0 Å². The van der Waals surface area contributed by atoms with E-state index in [9.17, 15) is 4.79 Å². The van der Waals surface area contributed by atoms with Crippen LogP contribution in [0.3, 0.4) is 0 Å². The van der Waals surface area contributed by atoms with Gasteiger partial charge in [0, 0.05) is 11.4 Å². The molecule has 104 valence electrons. The molecule has 19 heavy (non-hydrogen) atoms. The molecule has 2 rings (SSSR count). The molecule has 1 aromatic carbocycles. The molecule has 0 heterocycles. The number of benzene rings is 1. The van der Waals surface area contributed by atoms with E-state index in [2.05, 4.69) is 19.2 Å². The third-order valence-electron chi connectivity index (χ3n) is 3.57. The second kappa shape index (κ2) is 5.95. The summed E-state index contributed by atoms with van der Waals surface area (Å²) in [6.07, 6.45) is 2.79. The van der Waals surface area contributed by atoms with Crippen LogP contribution < -0.4 is 11.1 Å². The molecular weight excluding hydrogens is 240 g/mol. The quantitative estimate of drug-likeness (QED) is 0.800. The Bertz CT molecular complexity index is 420. The maximum absolute atomic E-state index is 11.8. The van der Waals surface area contributed by atoms with Crippen molar-refractivity contribution < 1.29 is 9.53 Å². The molecule has 0 saturated heterocycles. The summed E-state index contributed by atoms with van der Waals surface area (Å²) in [7, 11) is 0. The number of nitrogen functional groups attached to an aromatic ring is 1. The molecule has 2 atom stereocenters. The minimum atomic E-state index is -0.379. The highest BCUT2D eigenvalue weighted by Gasteiger charge is 2.26. The average Bonchev–Trinajstić information content (AvgIpc) is 2.30. The molecule has 0 aliphatic heterocycles. The predicted octanol–water partition coefficient (Wildman–Crippen LogP) is 3.64. The summed E-state index contributed by atoms with van der Waals surface area (Å²) in [6, 6.07) is 7.03. The smallest absolute Gasteiger partial charge is 0.411 e. The Kier molecular flexibility index (Phi) is 4.30. The Morgan fingerprint density at radius 3 is 2.32 bits per heavy atom. The van der Waals surface area contributed by atoms with E-state index in [-0.39, 0.29) is 12.2 Å². The monoisotopic (exact) mass is 262 g/mol. The van der Waals surface area contributed by atoms with Gasteiger partial charge in [-0.2, -0.15) is 0 Å². The fourth-order valence-electron chi connectivity index (χ4n) is 2.83. The zero-order chi connectivity index (χ0) is 13.8. The normalized spacial score (nSPS) is 26.7. The van der Waals surface area contributed by atoms with Crippen molar-refractivity contribution in [2.45, 2.75) is 39.2 Å². The first-order chi connectivity index (χ1) is 9.02. The highest BCUT2D eigenvalue weighted by Crippen LogP contribution is 2.30. The number of amides is 1. The Morgan fingerprint density at radius 1 is 1.16 bits per heavy atom. The Hall–Kier alpha value is -1.71. The molecule has 1 amide bonds. The lowest BCUT2D eigenvalue weighted by molar-refractivity contribution is 0.0553. The third-order valence-corrected chi connectivity index (χ3v) is 3.57. The van der Waals surface area contributed by atoms with E-state index in [0.717, 1.165) is 12.8 Å². The second-order valence-electron chi connectivity index (χ2n) is 5.69. The van der Waals surface area contributed by atoms with Crippen molar-refractivity contribution in [2.75, 3.05) is 11.1 Å². The fourth-order valence-corrected chi connectivity index (χ4v) is 2.83. The van der Waals surface area contributed by atoms with E-state index in [0.29, 0.717) is 23.2 Å². The maximum atomic E-state index is 11.8. The summed E-state index contributed by atoms with van der Waals surface area (Å²) < 4.78 is 5.49. The number of nitrogens with one attached hydrogen (secondary N) is 1. The minimum absolute atomic E-state index is 0.0348. The van der Waals surface area contributed by atoms with Crippen LogP contribution in [0.25, 0.3) is 0 Å². The largest absolute Gasteiger partial charge is 0.446 e. The van der Waals surface area contributed by atoms with Crippen molar-refractivity contribution in [3.63, 3.8) is 0 Å². The highest BCUT2D eigenvalue weighted by atomic mass is 16.6. The number of anilines is 2. The average molecular weight is 262 g/mol. The van der Waals surface area contributed by atoms with Crippen molar-refractivity contribution in [3.8, 4) is 0 Å². The lowest BCUT2D eigenvalue weighted by atomic mass is 9.82. The Balaban J connectivity index is 1.85. The van der Waals surface area contributed by atoms with Gasteiger partial charge in [-0.3, -0.25) is 5.32 Å². The van der Waals surface area contributed by atoms with E-state index in [1.165, 1.54) is 6.42 Å². The van der Waals surface area contributed by atoms with Crippen LogP contribution >= 0.6 is 0 Å². The van der Waals surface area contributed by atoms with Gasteiger partial charge in [0.05, 0.1) is 0 Å². The van der Waals surface area contributed by atoms with Crippen molar-refractivity contribution in [1.82, 2.24) is 0 Å². The van der Waals surface area contributed by atoms with E-state index in [4.69, 9.17) is 10.5 Å². The number of rotatable bonds is 2. The number of hydrogen-bond acceptors (Lipinski definition) is 3. The van der Waals surface area contributed by atoms with Crippen LogP contribution in [0.1, 0.15) is 33.1 Å². The zero-order valence-corrected chi connectivity index (χ0v) is 11.6. The van der Waals surface area contributed by atoms with Crippen LogP contribution in [0.4, 0.5) is 16.2 Å². The van der Waals surface area contributed by atoms with Gasteiger partial charge in [-0.1, -0.05) is 13.8 Å². The SMILES string of the molecule is CC1CC(C)CC(OC(=O)Nc2ccc(N)cc2)C1. The number of carbonyl (C=O) groups excluding carboxylic acids is 1. The lowest BCUT2D eigenvalue weighted by Gasteiger charge is -2.30. The third kappa shape index (κ3) is 4.16. The standard InChI is InChI=1S/C15H22N2O2/c1-10-7-11(2)9-14(8-10)19-15(18)17-13-5-3-12(16)4-6-13/h3-6,10-11,14H,7-9,16H2,1-2H3,(H,17,18). The number of nitrogens with two attached hydrogens (primary N) is 1. The van der Waals surface area contributed by atoms with Gasteiger partial charge in [0.15, 0.2) is 0 Å². The van der Waals surface area contributed by atoms with Crippen LogP contribution in [0.15, 0.2) is 24.3 Å². The lowest BCUT2D eigenvalue weighted by Crippen LogP contribution is -2.30. The molecule has 4 nitrogen and oxygen atoms in total. The van der Waals surface area contributed by atoms with Crippen molar-refractivity contribution in [2.24, 2.45) is 11.8 Å². The zero-order valence-electron chi connectivity index (χ0n) is 11.6. The van der Waals surface area contributed by atoms with Crippen LogP contribution in [-0.4, -0.2) is 12.2 Å². The molecule has 3 N–H and O–H groups in total. The molecule has 1 aromatic rings. The molecular formula is C15H22N2O2. The summed E-state index contributed by atoms with van der Waals surface area (Å²) in [4.78, 5) is 11.8. The van der Waals surface area contributed by atoms with Crippen LogP contribution in [0.2, 0.25) is 0 Å². The summed E-state index contributed by atoms with van der Waals surface area (Å²) in [5.41, 5.74) is 6.97. The van der Waals surface area contributed by atoms with Gasteiger partial charge in [-0.15, -0.1) is 0 Å². The first-order valence-corrected chi connectivity index (χ1v) is 6.86. The number of hydrogen-bond donors (Lipinski definition) is 2. The predicted molar refractivity (Wildman–Crippen MR) is 76.9 cm³/mol. The van der Waals surface area contributed by atoms with Crippen LogP contribution in [-0.2, 0) is 4.74 Å². The molecule has 1 saturated carbocycles. The summed E-state index contributed by atoms with van der Waals surface area (Å²) in [6.45, 7) is 4.42. The molecule has 2 unspecified atom stereocenters. The van der Waals surface area contributed by atoms with Gasteiger partial charge in [0.2, 0.25) is 0 Å². The molecule has 4 heteroatoms. The topological polar surface area (TPSA) is 64.3 Å². The van der Waals surface area contributed by atoms with Crippen molar-refractivity contribution in [3.05, 3.63) is 24.3 Å². The second-order valence-corrected chi connectivity index (χ2v) is 5.69. The first kappa shape index (κ1) is 13.7. The van der Waals surface area contributed by atoms with Gasteiger partial charge >= 0.3 is 6.09 Å². The molecule has 0 radical (unpaired) electrons. The molecule has 1 aliphatic carbocycles. The van der Waals surface area contributed by atoms with Crippen LogP contribution in [0, 0.1) is 11.8 Å². The van der Waals surface area contributed by atoms with Gasteiger partial charge in [0.1, 0.15) is 6.10 Å². The molecule has 0 spiro atoms. The van der Waals surface area contributed by atoms with Gasteiger partial charge < -0.3 is 10.5 Å². The van der Waals surface area contributed by atoms with Gasteiger partial charge in [-0.05, 0) is 55.4 Å².